The number of nitrogens with two attached hydrogens (primary N) is 1. The number of rotatable bonds is 5. The number of hydrogen-bond acceptors (Lipinski definition) is 3. The van der Waals surface area contributed by atoms with Crippen LogP contribution in [-0.4, -0.2) is 14.1 Å². The molecule has 0 aliphatic heterocycles. The molecule has 2 N–H and O–H groups in total. The van der Waals surface area contributed by atoms with Gasteiger partial charge in [-0.3, -0.25) is 0 Å². The van der Waals surface area contributed by atoms with Gasteiger partial charge < -0.3 is 15.4 Å². The summed E-state index contributed by atoms with van der Waals surface area (Å²) >= 11 is 0. The molecule has 0 amide bonds. The summed E-state index contributed by atoms with van der Waals surface area (Å²) in [4.78, 5) is 2.00. The van der Waals surface area contributed by atoms with Gasteiger partial charge in [0.1, 0.15) is 18.2 Å². The lowest BCUT2D eigenvalue weighted by Gasteiger charge is -2.14. The van der Waals surface area contributed by atoms with Crippen LogP contribution < -0.4 is 15.4 Å². The van der Waals surface area contributed by atoms with Crippen LogP contribution in [-0.2, 0) is 13.2 Å². The molecular formula is C16H19FN2O. The third-order valence-electron chi connectivity index (χ3n) is 2.99. The van der Waals surface area contributed by atoms with E-state index < -0.39 is 0 Å². The molecule has 0 saturated carbocycles. The van der Waals surface area contributed by atoms with Gasteiger partial charge in [0, 0.05) is 32.4 Å². The lowest BCUT2D eigenvalue weighted by molar-refractivity contribution is 0.305. The van der Waals surface area contributed by atoms with Crippen LogP contribution >= 0.6 is 0 Å². The Morgan fingerprint density at radius 3 is 2.55 bits per heavy atom. The smallest absolute Gasteiger partial charge is 0.123 e. The Morgan fingerprint density at radius 2 is 1.85 bits per heavy atom. The van der Waals surface area contributed by atoms with E-state index in [1.807, 2.05) is 49.3 Å². The number of benzene rings is 2. The quantitative estimate of drug-likeness (QED) is 0.911. The van der Waals surface area contributed by atoms with E-state index in [9.17, 15) is 4.39 Å². The zero-order valence-electron chi connectivity index (χ0n) is 11.8. The zero-order valence-corrected chi connectivity index (χ0v) is 11.8. The van der Waals surface area contributed by atoms with E-state index in [0.717, 1.165) is 22.6 Å². The fourth-order valence-corrected chi connectivity index (χ4v) is 1.94. The molecule has 106 valence electrons. The van der Waals surface area contributed by atoms with Crippen LogP contribution in [0.25, 0.3) is 0 Å². The minimum atomic E-state index is -0.284. The molecule has 20 heavy (non-hydrogen) atoms. The maximum absolute atomic E-state index is 13.4. The first kappa shape index (κ1) is 14.3. The SMILES string of the molecule is CN(C)c1cccc(OCc2cc(F)cc(CN)c2)c1. The molecule has 0 heterocycles. The molecule has 2 rings (SSSR count). The molecule has 0 spiro atoms. The fraction of sp³-hybridized carbons (Fsp3) is 0.250. The molecular weight excluding hydrogens is 255 g/mol. The lowest BCUT2D eigenvalue weighted by Crippen LogP contribution is -2.08. The van der Waals surface area contributed by atoms with Crippen molar-refractivity contribution < 1.29 is 9.13 Å². The molecule has 2 aromatic rings. The molecule has 0 radical (unpaired) electrons. The molecule has 0 bridgehead atoms. The second-order valence-electron chi connectivity index (χ2n) is 4.85. The average Bonchev–Trinajstić information content (AvgIpc) is 2.44. The number of anilines is 1. The first-order valence-electron chi connectivity index (χ1n) is 6.47. The molecule has 0 saturated heterocycles. The molecule has 0 atom stereocenters. The molecule has 3 nitrogen and oxygen atoms in total. The lowest BCUT2D eigenvalue weighted by atomic mass is 10.1. The number of hydrogen-bond donors (Lipinski definition) is 1. The van der Waals surface area contributed by atoms with E-state index >= 15 is 0 Å². The van der Waals surface area contributed by atoms with E-state index in [1.54, 1.807) is 0 Å². The standard InChI is InChI=1S/C16H19FN2O/c1-19(2)15-4-3-5-16(9-15)20-11-13-6-12(10-18)7-14(17)8-13/h3-9H,10-11,18H2,1-2H3. The first-order chi connectivity index (χ1) is 9.58. The summed E-state index contributed by atoms with van der Waals surface area (Å²) < 4.78 is 19.1. The second kappa shape index (κ2) is 6.39. The van der Waals surface area contributed by atoms with Crippen LogP contribution in [0.1, 0.15) is 11.1 Å². The van der Waals surface area contributed by atoms with Crippen molar-refractivity contribution in [3.8, 4) is 5.75 Å². The van der Waals surface area contributed by atoms with E-state index in [1.165, 1.54) is 12.1 Å². The van der Waals surface area contributed by atoms with Gasteiger partial charge in [0.05, 0.1) is 0 Å². The van der Waals surface area contributed by atoms with E-state index in [0.29, 0.717) is 13.2 Å². The Kier molecular flexibility index (Phi) is 4.58. The monoisotopic (exact) mass is 274 g/mol. The van der Waals surface area contributed by atoms with Crippen LogP contribution in [0.2, 0.25) is 0 Å². The largest absolute Gasteiger partial charge is 0.489 e. The van der Waals surface area contributed by atoms with Gasteiger partial charge in [-0.15, -0.1) is 0 Å². The Hall–Kier alpha value is -2.07. The highest BCUT2D eigenvalue weighted by molar-refractivity contribution is 5.49. The van der Waals surface area contributed by atoms with Crippen LogP contribution in [0.5, 0.6) is 5.75 Å². The number of halogens is 1. The van der Waals surface area contributed by atoms with Crippen LogP contribution in [0.3, 0.4) is 0 Å². The normalized spacial score (nSPS) is 10.4. The van der Waals surface area contributed by atoms with Gasteiger partial charge in [0.15, 0.2) is 0 Å². The third-order valence-corrected chi connectivity index (χ3v) is 2.99. The van der Waals surface area contributed by atoms with E-state index in [4.69, 9.17) is 10.5 Å². The van der Waals surface area contributed by atoms with Gasteiger partial charge in [-0.05, 0) is 35.4 Å². The number of ether oxygens (including phenoxy) is 1. The minimum Gasteiger partial charge on any atom is -0.489 e. The Bertz CT molecular complexity index is 584. The highest BCUT2D eigenvalue weighted by Gasteiger charge is 2.03. The summed E-state index contributed by atoms with van der Waals surface area (Å²) in [5, 5.41) is 0. The molecule has 0 aromatic heterocycles. The molecule has 0 aliphatic rings. The minimum absolute atomic E-state index is 0.284. The van der Waals surface area contributed by atoms with Crippen LogP contribution in [0, 0.1) is 5.82 Å². The van der Waals surface area contributed by atoms with Crippen molar-refractivity contribution in [3.05, 3.63) is 59.4 Å². The Labute approximate surface area is 118 Å². The maximum Gasteiger partial charge on any atom is 0.123 e. The maximum atomic E-state index is 13.4. The average molecular weight is 274 g/mol. The van der Waals surface area contributed by atoms with Crippen LogP contribution in [0.15, 0.2) is 42.5 Å². The van der Waals surface area contributed by atoms with Crippen molar-refractivity contribution in [2.45, 2.75) is 13.2 Å². The fourth-order valence-electron chi connectivity index (χ4n) is 1.94. The zero-order chi connectivity index (χ0) is 14.5. The molecule has 0 unspecified atom stereocenters. The first-order valence-corrected chi connectivity index (χ1v) is 6.47. The predicted octanol–water partition coefficient (Wildman–Crippen LogP) is 2.93. The highest BCUT2D eigenvalue weighted by Crippen LogP contribution is 2.20. The Balaban J connectivity index is 2.08. The molecule has 0 aliphatic carbocycles. The molecule has 2 aromatic carbocycles. The van der Waals surface area contributed by atoms with Crippen molar-refractivity contribution in [2.24, 2.45) is 5.73 Å². The summed E-state index contributed by atoms with van der Waals surface area (Å²) in [5.74, 6) is 0.475. The Morgan fingerprint density at radius 1 is 1.10 bits per heavy atom. The van der Waals surface area contributed by atoms with Crippen molar-refractivity contribution in [2.75, 3.05) is 19.0 Å². The van der Waals surface area contributed by atoms with E-state index in [-0.39, 0.29) is 5.82 Å². The highest BCUT2D eigenvalue weighted by atomic mass is 19.1. The summed E-state index contributed by atoms with van der Waals surface area (Å²) in [6.45, 7) is 0.641. The van der Waals surface area contributed by atoms with Crippen molar-refractivity contribution in [3.63, 3.8) is 0 Å². The summed E-state index contributed by atoms with van der Waals surface area (Å²) in [7, 11) is 3.94. The van der Waals surface area contributed by atoms with Gasteiger partial charge >= 0.3 is 0 Å². The van der Waals surface area contributed by atoms with Gasteiger partial charge in [-0.2, -0.15) is 0 Å². The van der Waals surface area contributed by atoms with Crippen molar-refractivity contribution in [1.82, 2.24) is 0 Å². The summed E-state index contributed by atoms with van der Waals surface area (Å²) in [5.41, 5.74) is 8.14. The third kappa shape index (κ3) is 3.71. The second-order valence-corrected chi connectivity index (χ2v) is 4.85. The molecule has 4 heteroatoms. The van der Waals surface area contributed by atoms with Gasteiger partial charge in [0.2, 0.25) is 0 Å². The van der Waals surface area contributed by atoms with Gasteiger partial charge in [0.25, 0.3) is 0 Å². The molecule has 0 fully saturated rings. The topological polar surface area (TPSA) is 38.5 Å². The van der Waals surface area contributed by atoms with Crippen molar-refractivity contribution >= 4 is 5.69 Å². The predicted molar refractivity (Wildman–Crippen MR) is 79.4 cm³/mol. The van der Waals surface area contributed by atoms with Crippen LogP contribution in [0.4, 0.5) is 10.1 Å². The van der Waals surface area contributed by atoms with Gasteiger partial charge in [-0.25, -0.2) is 4.39 Å². The van der Waals surface area contributed by atoms with Gasteiger partial charge in [-0.1, -0.05) is 12.1 Å². The number of nitrogens with zero attached hydrogens (tertiary/aromatic N) is 1. The van der Waals surface area contributed by atoms with E-state index in [2.05, 4.69) is 0 Å². The summed E-state index contributed by atoms with van der Waals surface area (Å²) in [6, 6.07) is 12.5. The summed E-state index contributed by atoms with van der Waals surface area (Å²) in [6.07, 6.45) is 0. The van der Waals surface area contributed by atoms with Crippen molar-refractivity contribution in [1.29, 1.82) is 0 Å².